The summed E-state index contributed by atoms with van der Waals surface area (Å²) >= 11 is 5.34. The zero-order valence-corrected chi connectivity index (χ0v) is 12.6. The van der Waals surface area contributed by atoms with Crippen molar-refractivity contribution in [2.75, 3.05) is 0 Å². The summed E-state index contributed by atoms with van der Waals surface area (Å²) in [4.78, 5) is 23.0. The van der Waals surface area contributed by atoms with Crippen LogP contribution in [-0.4, -0.2) is 17.4 Å². The summed E-state index contributed by atoms with van der Waals surface area (Å²) in [7, 11) is 0. The van der Waals surface area contributed by atoms with Gasteiger partial charge in [-0.25, -0.2) is 4.79 Å². The van der Waals surface area contributed by atoms with Gasteiger partial charge >= 0.3 is 6.09 Å². The molecule has 2 aromatic carbocycles. The van der Waals surface area contributed by atoms with Crippen LogP contribution in [0.5, 0.6) is 0 Å². The van der Waals surface area contributed by atoms with E-state index in [-0.39, 0.29) is 0 Å². The Kier molecular flexibility index (Phi) is 3.86. The number of alkyl carbamates (subject to hydrolysis) is 1. The van der Waals surface area contributed by atoms with Crippen molar-refractivity contribution in [3.05, 3.63) is 59.7 Å². The smallest absolute Gasteiger partial charge is 0.408 e. The third kappa shape index (κ3) is 2.57. The molecule has 22 heavy (non-hydrogen) atoms. The highest BCUT2D eigenvalue weighted by atomic mass is 35.5. The Labute approximate surface area is 133 Å². The van der Waals surface area contributed by atoms with Gasteiger partial charge in [-0.2, -0.15) is 0 Å². The predicted octanol–water partition coefficient (Wildman–Crippen LogP) is 3.64. The first kappa shape index (κ1) is 14.6. The van der Waals surface area contributed by atoms with Crippen molar-refractivity contribution < 1.29 is 14.3 Å². The number of amides is 1. The van der Waals surface area contributed by atoms with Crippen LogP contribution in [0.2, 0.25) is 0 Å². The Morgan fingerprint density at radius 2 is 1.55 bits per heavy atom. The number of ether oxygens (including phenoxy) is 1. The summed E-state index contributed by atoms with van der Waals surface area (Å²) in [5.74, 6) is 0. The second kappa shape index (κ2) is 5.81. The van der Waals surface area contributed by atoms with Gasteiger partial charge in [-0.05, 0) is 29.7 Å². The van der Waals surface area contributed by atoms with Crippen LogP contribution in [0.25, 0.3) is 11.1 Å². The molecule has 0 radical (unpaired) electrons. The molecule has 0 saturated carbocycles. The second-order valence-electron chi connectivity index (χ2n) is 5.13. The first-order valence-electron chi connectivity index (χ1n) is 6.92. The Morgan fingerprint density at radius 3 is 2.05 bits per heavy atom. The lowest BCUT2D eigenvalue weighted by Gasteiger charge is -2.17. The van der Waals surface area contributed by atoms with Crippen molar-refractivity contribution in [2.24, 2.45) is 0 Å². The Morgan fingerprint density at radius 1 is 1.05 bits per heavy atom. The molecule has 0 unspecified atom stereocenters. The third-order valence-electron chi connectivity index (χ3n) is 3.68. The molecule has 0 spiro atoms. The normalized spacial score (nSPS) is 13.9. The average molecular weight is 316 g/mol. The molecule has 1 atom stereocenters. The molecule has 0 fully saturated rings. The van der Waals surface area contributed by atoms with Gasteiger partial charge in [-0.15, -0.1) is 0 Å². The molecule has 0 aromatic heterocycles. The minimum atomic E-state index is -0.791. The van der Waals surface area contributed by atoms with E-state index in [1.807, 2.05) is 48.5 Å². The topological polar surface area (TPSA) is 55.4 Å². The minimum Gasteiger partial charge on any atom is -0.436 e. The quantitative estimate of drug-likeness (QED) is 0.880. The zero-order chi connectivity index (χ0) is 15.7. The van der Waals surface area contributed by atoms with Gasteiger partial charge in [0.1, 0.15) is 6.04 Å². The molecule has 3 rings (SSSR count). The fourth-order valence-electron chi connectivity index (χ4n) is 2.61. The lowest BCUT2D eigenvalue weighted by Crippen LogP contribution is -2.37. The van der Waals surface area contributed by atoms with Gasteiger partial charge in [0.2, 0.25) is 5.24 Å². The number of benzene rings is 2. The Bertz CT molecular complexity index is 699. The van der Waals surface area contributed by atoms with Crippen molar-refractivity contribution in [3.63, 3.8) is 0 Å². The van der Waals surface area contributed by atoms with E-state index < -0.39 is 23.5 Å². The largest absolute Gasteiger partial charge is 0.436 e. The number of hydrogen-bond acceptors (Lipinski definition) is 3. The Balaban J connectivity index is 1.88. The van der Waals surface area contributed by atoms with Crippen LogP contribution < -0.4 is 5.32 Å². The molecule has 0 bridgehead atoms. The molecule has 1 aliphatic carbocycles. The Hall–Kier alpha value is -2.33. The maximum atomic E-state index is 12.0. The summed E-state index contributed by atoms with van der Waals surface area (Å²) in [5, 5.41) is 1.79. The van der Waals surface area contributed by atoms with E-state index in [9.17, 15) is 9.59 Å². The number of halogens is 1. The maximum absolute atomic E-state index is 12.0. The average Bonchev–Trinajstić information content (AvgIpc) is 2.82. The van der Waals surface area contributed by atoms with E-state index in [0.29, 0.717) is 0 Å². The highest BCUT2D eigenvalue weighted by Crippen LogP contribution is 2.44. The molecule has 0 heterocycles. The fraction of sp³-hybridized carbons (Fsp3) is 0.176. The van der Waals surface area contributed by atoms with Gasteiger partial charge in [0.25, 0.3) is 0 Å². The summed E-state index contributed by atoms with van der Waals surface area (Å²) in [5.41, 5.74) is 3.97. The number of carbonyl (C=O) groups excluding carboxylic acids is 2. The van der Waals surface area contributed by atoms with Crippen molar-refractivity contribution in [2.45, 2.75) is 19.1 Å². The van der Waals surface area contributed by atoms with Crippen LogP contribution in [0.3, 0.4) is 0 Å². The number of hydrogen-bond donors (Lipinski definition) is 1. The summed E-state index contributed by atoms with van der Waals surface area (Å²) in [6.45, 7) is 1.51. The zero-order valence-electron chi connectivity index (χ0n) is 11.9. The number of carbonyl (C=O) groups is 2. The molecule has 1 N–H and O–H groups in total. The third-order valence-corrected chi connectivity index (χ3v) is 4.00. The van der Waals surface area contributed by atoms with Crippen LogP contribution in [0, 0.1) is 0 Å². The van der Waals surface area contributed by atoms with Gasteiger partial charge < -0.3 is 10.1 Å². The van der Waals surface area contributed by atoms with E-state index in [1.54, 1.807) is 0 Å². The second-order valence-corrected chi connectivity index (χ2v) is 5.50. The van der Waals surface area contributed by atoms with E-state index in [1.165, 1.54) is 6.92 Å². The number of rotatable bonds is 3. The van der Waals surface area contributed by atoms with Crippen LogP contribution >= 0.6 is 11.6 Å². The van der Waals surface area contributed by atoms with Crippen LogP contribution in [0.15, 0.2) is 48.5 Å². The van der Waals surface area contributed by atoms with Crippen molar-refractivity contribution in [1.29, 1.82) is 0 Å². The van der Waals surface area contributed by atoms with Gasteiger partial charge in [0.15, 0.2) is 6.10 Å². The molecule has 4 nitrogen and oxygen atoms in total. The van der Waals surface area contributed by atoms with Crippen LogP contribution in [-0.2, 0) is 9.53 Å². The molecular formula is C17H14ClNO3. The van der Waals surface area contributed by atoms with E-state index in [0.717, 1.165) is 22.3 Å². The van der Waals surface area contributed by atoms with Crippen molar-refractivity contribution in [3.8, 4) is 11.1 Å². The fourth-order valence-corrected chi connectivity index (χ4v) is 2.67. The highest BCUT2D eigenvalue weighted by molar-refractivity contribution is 6.64. The minimum absolute atomic E-state index is 0.481. The van der Waals surface area contributed by atoms with E-state index in [4.69, 9.17) is 16.3 Å². The first-order valence-corrected chi connectivity index (χ1v) is 7.30. The monoisotopic (exact) mass is 315 g/mol. The summed E-state index contributed by atoms with van der Waals surface area (Å²) in [6, 6.07) is 14.8. The van der Waals surface area contributed by atoms with Crippen molar-refractivity contribution in [1.82, 2.24) is 5.32 Å². The molecule has 112 valence electrons. The predicted molar refractivity (Wildman–Crippen MR) is 83.7 cm³/mol. The SMILES string of the molecule is C[C@H](NC(=O)OC1c2ccccc2-c2ccccc21)C(=O)Cl. The number of nitrogens with one attached hydrogen (secondary N) is 1. The first-order chi connectivity index (χ1) is 10.6. The summed E-state index contributed by atoms with van der Waals surface area (Å²) in [6.07, 6.45) is -1.15. The van der Waals surface area contributed by atoms with Crippen molar-refractivity contribution >= 4 is 22.9 Å². The maximum Gasteiger partial charge on any atom is 0.408 e. The standard InChI is InChI=1S/C17H14ClNO3/c1-10(16(18)20)19-17(21)22-15-13-8-4-2-6-11(13)12-7-3-5-9-14(12)15/h2-10,15H,1H3,(H,19,21)/t10-/m0/s1. The molecule has 0 aliphatic heterocycles. The molecule has 5 heteroatoms. The van der Waals surface area contributed by atoms with Gasteiger partial charge in [-0.3, -0.25) is 4.79 Å². The highest BCUT2D eigenvalue weighted by Gasteiger charge is 2.31. The number of fused-ring (bicyclic) bond motifs is 3. The van der Waals surface area contributed by atoms with E-state index >= 15 is 0 Å². The molecule has 1 amide bonds. The van der Waals surface area contributed by atoms with E-state index in [2.05, 4.69) is 5.32 Å². The van der Waals surface area contributed by atoms with Gasteiger partial charge in [-0.1, -0.05) is 48.5 Å². The molecule has 0 saturated heterocycles. The molecule has 1 aliphatic rings. The summed E-state index contributed by atoms with van der Waals surface area (Å²) < 4.78 is 5.52. The molecular weight excluding hydrogens is 302 g/mol. The lowest BCUT2D eigenvalue weighted by atomic mass is 10.1. The van der Waals surface area contributed by atoms with Gasteiger partial charge in [0, 0.05) is 11.1 Å². The lowest BCUT2D eigenvalue weighted by molar-refractivity contribution is -0.113. The van der Waals surface area contributed by atoms with Crippen LogP contribution in [0.1, 0.15) is 24.2 Å². The molecule has 2 aromatic rings. The van der Waals surface area contributed by atoms with Gasteiger partial charge in [0.05, 0.1) is 0 Å². The van der Waals surface area contributed by atoms with Crippen LogP contribution in [0.4, 0.5) is 4.79 Å².